The Bertz CT molecular complexity index is 2840. The van der Waals surface area contributed by atoms with Crippen LogP contribution in [0.1, 0.15) is 158 Å². The molecule has 3 aliphatic rings. The zero-order valence-electron chi connectivity index (χ0n) is 59.8. The monoisotopic (exact) mass is 1340 g/mol. The lowest BCUT2D eigenvalue weighted by Crippen LogP contribution is -2.60. The summed E-state index contributed by atoms with van der Waals surface area (Å²) in [7, 11) is 6.17. The van der Waals surface area contributed by atoms with Gasteiger partial charge in [0.1, 0.15) is 24.7 Å². The Hall–Kier alpha value is -6.83. The van der Waals surface area contributed by atoms with Crippen molar-refractivity contribution >= 4 is 59.0 Å². The smallest absolute Gasteiger partial charge is 0.410 e. The molecule has 2 saturated heterocycles. The Morgan fingerprint density at radius 2 is 1.33 bits per heavy atom. The van der Waals surface area contributed by atoms with Crippen LogP contribution in [0.25, 0.3) is 0 Å². The van der Waals surface area contributed by atoms with E-state index in [0.717, 1.165) is 38.9 Å². The summed E-state index contributed by atoms with van der Waals surface area (Å²) in [5.74, 6) is -4.47. The van der Waals surface area contributed by atoms with Crippen LogP contribution in [0.5, 0.6) is 0 Å². The summed E-state index contributed by atoms with van der Waals surface area (Å²) in [6.45, 7) is 24.9. The highest BCUT2D eigenvalue weighted by Gasteiger charge is 2.44. The Kier molecular flexibility index (Phi) is 32.9. The molecule has 24 nitrogen and oxygen atoms in total. The second kappa shape index (κ2) is 39.5. The van der Waals surface area contributed by atoms with Gasteiger partial charge in [-0.15, -0.1) is 0 Å². The highest BCUT2D eigenvalue weighted by Crippen LogP contribution is 2.31. The number of likely N-dealkylation sites (N-methyl/N-ethyl adjacent to an activating group) is 2. The van der Waals surface area contributed by atoms with Gasteiger partial charge in [-0.2, -0.15) is 0 Å². The van der Waals surface area contributed by atoms with Crippen LogP contribution in [-0.4, -0.2) is 218 Å². The summed E-state index contributed by atoms with van der Waals surface area (Å²) in [4.78, 5) is 132. The number of ether oxygens (including phenoxy) is 4. The molecule has 0 spiro atoms. The molecule has 2 fully saturated rings. The number of imide groups is 1. The molecule has 0 bridgehead atoms. The van der Waals surface area contributed by atoms with E-state index in [1.54, 1.807) is 80.9 Å². The number of benzene rings is 2. The zero-order valence-corrected chi connectivity index (χ0v) is 59.8. The third kappa shape index (κ3) is 23.2. The second-order valence-electron chi connectivity index (χ2n) is 27.5. The minimum atomic E-state index is -1.05. The van der Waals surface area contributed by atoms with Gasteiger partial charge in [-0.3, -0.25) is 53.1 Å². The summed E-state index contributed by atoms with van der Waals surface area (Å²) in [6, 6.07) is 10.7. The van der Waals surface area contributed by atoms with Crippen LogP contribution in [0.2, 0.25) is 0 Å². The second-order valence-corrected chi connectivity index (χ2v) is 27.5. The molecule has 2 aromatic carbocycles. The fraction of sp³-hybridized carbons (Fsp3) is 0.681. The molecular formula is C72H114N10O14. The largest absolute Gasteiger partial charge is 0.445 e. The number of carbonyl (C=O) groups is 9. The molecule has 13 atom stereocenters. The van der Waals surface area contributed by atoms with Crippen LogP contribution in [-0.2, 0) is 63.9 Å². The van der Waals surface area contributed by atoms with Gasteiger partial charge >= 0.3 is 6.09 Å². The molecule has 0 aromatic heterocycles. The molecule has 0 radical (unpaired) electrons. The number of aliphatic hydroxyl groups is 1. The van der Waals surface area contributed by atoms with Crippen molar-refractivity contribution in [3.05, 3.63) is 77.9 Å². The maximum atomic E-state index is 14.9. The molecule has 6 N–H and O–H groups in total. The van der Waals surface area contributed by atoms with Crippen LogP contribution < -0.4 is 26.6 Å². The molecular weight excluding hydrogens is 1230 g/mol. The van der Waals surface area contributed by atoms with Crippen molar-refractivity contribution < 1.29 is 67.2 Å². The van der Waals surface area contributed by atoms with Crippen LogP contribution >= 0.6 is 0 Å². The molecule has 2 aromatic rings. The average molecular weight is 1340 g/mol. The van der Waals surface area contributed by atoms with E-state index in [-0.39, 0.29) is 66.3 Å². The van der Waals surface area contributed by atoms with Crippen molar-refractivity contribution in [1.82, 2.24) is 45.8 Å². The summed E-state index contributed by atoms with van der Waals surface area (Å²) in [5.41, 5.74) is 1.75. The highest BCUT2D eigenvalue weighted by atomic mass is 16.6. The number of hydrogen-bond donors (Lipinski definition) is 6. The Morgan fingerprint density at radius 3 is 1.93 bits per heavy atom. The van der Waals surface area contributed by atoms with Gasteiger partial charge < -0.3 is 60.4 Å². The lowest BCUT2D eigenvalue weighted by atomic mass is 9.89. The van der Waals surface area contributed by atoms with Crippen molar-refractivity contribution in [3.63, 3.8) is 0 Å². The minimum Gasteiger partial charge on any atom is -0.445 e. The number of rotatable bonds is 39. The Labute approximate surface area is 570 Å². The van der Waals surface area contributed by atoms with Gasteiger partial charge in [-0.05, 0) is 106 Å². The summed E-state index contributed by atoms with van der Waals surface area (Å²) < 4.78 is 23.4. The lowest BCUT2D eigenvalue weighted by Gasteiger charge is -2.41. The molecule has 96 heavy (non-hydrogen) atoms. The summed E-state index contributed by atoms with van der Waals surface area (Å²) >= 11 is 0. The Morgan fingerprint density at radius 1 is 0.688 bits per heavy atom. The van der Waals surface area contributed by atoms with Gasteiger partial charge in [0.2, 0.25) is 35.4 Å². The molecule has 24 heteroatoms. The van der Waals surface area contributed by atoms with Crippen molar-refractivity contribution in [3.8, 4) is 0 Å². The lowest BCUT2D eigenvalue weighted by molar-refractivity contribution is -0.148. The molecule has 9 amide bonds. The number of anilines is 1. The van der Waals surface area contributed by atoms with E-state index in [2.05, 4.69) is 31.5 Å². The average Bonchev–Trinajstić information content (AvgIpc) is 1.80. The third-order valence-electron chi connectivity index (χ3n) is 19.2. The van der Waals surface area contributed by atoms with E-state index >= 15 is 0 Å². The number of carbonyl (C=O) groups excluding carboxylic acids is 9. The van der Waals surface area contributed by atoms with Gasteiger partial charge in [0.05, 0.1) is 68.0 Å². The molecule has 3 heterocycles. The number of amides is 9. The predicted molar refractivity (Wildman–Crippen MR) is 368 cm³/mol. The van der Waals surface area contributed by atoms with E-state index in [1.165, 1.54) is 43.2 Å². The molecule has 0 unspecified atom stereocenters. The van der Waals surface area contributed by atoms with Gasteiger partial charge in [-0.25, -0.2) is 4.79 Å². The van der Waals surface area contributed by atoms with E-state index in [0.29, 0.717) is 81.6 Å². The number of hydrogen-bond acceptors (Lipinski definition) is 16. The number of morpholine rings is 1. The van der Waals surface area contributed by atoms with Gasteiger partial charge in [-0.1, -0.05) is 124 Å². The van der Waals surface area contributed by atoms with E-state index in [9.17, 15) is 48.3 Å². The number of nitrogens with one attached hydrogen (secondary N) is 5. The zero-order chi connectivity index (χ0) is 70.9. The van der Waals surface area contributed by atoms with Crippen molar-refractivity contribution in [2.75, 3.05) is 79.6 Å². The first-order valence-corrected chi connectivity index (χ1v) is 34.8. The first-order chi connectivity index (χ1) is 45.6. The fourth-order valence-electron chi connectivity index (χ4n) is 13.2. The van der Waals surface area contributed by atoms with Crippen LogP contribution in [0.3, 0.4) is 0 Å². The van der Waals surface area contributed by atoms with Crippen LogP contribution in [0.15, 0.2) is 66.7 Å². The van der Waals surface area contributed by atoms with Crippen LogP contribution in [0.4, 0.5) is 10.5 Å². The normalized spacial score (nSPS) is 19.0. The number of aliphatic hydroxyl groups excluding tert-OH is 1. The number of likely N-dealkylation sites (tertiary alicyclic amines) is 1. The number of methoxy groups -OCH3 is 2. The topological polar surface area (TPSA) is 287 Å². The summed E-state index contributed by atoms with van der Waals surface area (Å²) in [6.07, 6.45) is 5.45. The highest BCUT2D eigenvalue weighted by molar-refractivity contribution is 6.12. The molecule has 5 rings (SSSR count). The van der Waals surface area contributed by atoms with Gasteiger partial charge in [0, 0.05) is 78.4 Å². The van der Waals surface area contributed by atoms with Gasteiger partial charge in [0.15, 0.2) is 0 Å². The van der Waals surface area contributed by atoms with E-state index in [1.807, 2.05) is 66.7 Å². The molecule has 536 valence electrons. The van der Waals surface area contributed by atoms with Crippen molar-refractivity contribution in [2.24, 2.45) is 29.6 Å². The fourth-order valence-corrected chi connectivity index (χ4v) is 13.2. The standard InChI is InChI=1S/C72H114N10O14/c1-16-48(8)64(57(93-14)43-60(85)81-38-24-29-56(81)66(94-15)50(10)67(87)74-51(11)65(86)53-26-20-17-21-27-53)78(12)71(91)62(46(4)5)77-70(90)63(47(6)7)79(13)72(92)96-44-52-30-32-54(33-31-52)75-68(88)55(28-23-36-80-39-41-95-42-40-80)76-69(89)61(45(2)3)73-49(9)25-19-18-22-37-82-58(83)34-35-59(82)84/h17,20-21,26-27,30-35,45-51,55-57,61-66,73,86H,16,18-19,22-25,28-29,36-44H2,1-15H3,(H,74,87)(H,75,88)(H,76,89)(H,77,90)/t48-,49-,50+,51+,55-,56-,57+,61-,62-,63-,64-,65+,66+/m0/s1. The molecule has 0 aliphatic carbocycles. The van der Waals surface area contributed by atoms with Crippen LogP contribution in [0, 0.1) is 29.6 Å². The maximum absolute atomic E-state index is 14.9. The van der Waals surface area contributed by atoms with E-state index in [4.69, 9.17) is 18.9 Å². The van der Waals surface area contributed by atoms with E-state index < -0.39 is 96.3 Å². The number of unbranched alkanes of at least 4 members (excludes halogenated alkanes) is 2. The van der Waals surface area contributed by atoms with Gasteiger partial charge in [0.25, 0.3) is 11.8 Å². The third-order valence-corrected chi connectivity index (χ3v) is 19.2. The summed E-state index contributed by atoms with van der Waals surface area (Å²) in [5, 5.41) is 26.4. The SMILES string of the molecule is CC[C@H](C)[C@@H]([C@@H](CC(=O)N1CCC[C@H]1[C@H](OC)[C@@H](C)C(=O)N[C@H](C)[C@@H](O)c1ccccc1)OC)N(C)C(=O)[C@@H](NC(=O)[C@H](C(C)C)N(C)C(=O)OCc1ccc(NC(=O)[C@H](CCCN2CCOCC2)NC(=O)[C@@H](N[C@@H](C)CCCCCN2C(=O)C=CC2=O)C(C)C)cc1)C(C)C. The first kappa shape index (κ1) is 79.9. The minimum absolute atomic E-state index is 0.0286. The number of nitrogens with zero attached hydrogens (tertiary/aromatic N) is 5. The quantitative estimate of drug-likeness (QED) is 0.0304. The van der Waals surface area contributed by atoms with Crippen molar-refractivity contribution in [1.29, 1.82) is 0 Å². The predicted octanol–water partition coefficient (Wildman–Crippen LogP) is 6.60. The first-order valence-electron chi connectivity index (χ1n) is 34.8. The Balaban J connectivity index is 1.18. The van der Waals surface area contributed by atoms with Crippen molar-refractivity contribution in [2.45, 2.75) is 214 Å². The maximum Gasteiger partial charge on any atom is 0.410 e. The molecule has 0 saturated carbocycles. The molecule has 3 aliphatic heterocycles.